The molecule has 0 aliphatic heterocycles. The van der Waals surface area contributed by atoms with E-state index in [2.05, 4.69) is 15.0 Å². The third-order valence-electron chi connectivity index (χ3n) is 1.65. The van der Waals surface area contributed by atoms with Gasteiger partial charge in [0.2, 0.25) is 0 Å². The molecule has 0 aliphatic rings. The zero-order valence-electron chi connectivity index (χ0n) is 6.73. The van der Waals surface area contributed by atoms with E-state index in [0.717, 1.165) is 5.56 Å². The Morgan fingerprint density at radius 2 is 2.08 bits per heavy atom. The smallest absolute Gasteiger partial charge is 0.138 e. The first-order valence-electron chi connectivity index (χ1n) is 3.75. The van der Waals surface area contributed by atoms with Crippen LogP contribution < -0.4 is 0 Å². The summed E-state index contributed by atoms with van der Waals surface area (Å²) in [7, 11) is 0. The first-order valence-corrected chi connectivity index (χ1v) is 3.75. The summed E-state index contributed by atoms with van der Waals surface area (Å²) in [6, 6.07) is 5.65. The Bertz CT molecular complexity index is 438. The van der Waals surface area contributed by atoms with Crippen molar-refractivity contribution in [1.82, 2.24) is 15.0 Å². The molecule has 0 fully saturated rings. The zero-order valence-corrected chi connectivity index (χ0v) is 6.73. The predicted molar refractivity (Wildman–Crippen MR) is 46.5 cm³/mol. The number of aromatic nitrogens is 3. The molecule has 1 N–H and O–H groups in total. The van der Waals surface area contributed by atoms with E-state index >= 15 is 0 Å². The maximum atomic E-state index is 8.56. The summed E-state index contributed by atoms with van der Waals surface area (Å²) in [5.74, 6) is 0.693. The second-order valence-electron chi connectivity index (χ2n) is 2.49. The number of nitrogens with one attached hydrogen (secondary N) is 1. The van der Waals surface area contributed by atoms with Gasteiger partial charge in [0.25, 0.3) is 0 Å². The standard InChI is InChI=1S/C9H6N4/c10-5-8-6-12-9(13-8)7-1-3-11-4-2-7/h1-4,6H,(H,12,13). The number of nitrogens with zero attached hydrogens (tertiary/aromatic N) is 3. The van der Waals surface area contributed by atoms with Crippen LogP contribution in [-0.2, 0) is 0 Å². The lowest BCUT2D eigenvalue weighted by molar-refractivity contribution is 1.26. The minimum absolute atomic E-state index is 0.465. The van der Waals surface area contributed by atoms with Gasteiger partial charge in [0, 0.05) is 18.0 Å². The van der Waals surface area contributed by atoms with E-state index in [1.807, 2.05) is 18.2 Å². The third-order valence-corrected chi connectivity index (χ3v) is 1.65. The lowest BCUT2D eigenvalue weighted by Crippen LogP contribution is -1.80. The van der Waals surface area contributed by atoms with Crippen molar-refractivity contribution < 1.29 is 0 Å². The summed E-state index contributed by atoms with van der Waals surface area (Å²) >= 11 is 0. The van der Waals surface area contributed by atoms with Crippen LogP contribution in [0.5, 0.6) is 0 Å². The number of aromatic amines is 1. The van der Waals surface area contributed by atoms with Crippen molar-refractivity contribution in [2.75, 3.05) is 0 Å². The number of hydrogen-bond acceptors (Lipinski definition) is 3. The summed E-state index contributed by atoms with van der Waals surface area (Å²) in [6.07, 6.45) is 4.88. The summed E-state index contributed by atoms with van der Waals surface area (Å²) in [6.45, 7) is 0. The normalized spacial score (nSPS) is 9.46. The average Bonchev–Trinajstić information content (AvgIpc) is 2.67. The Morgan fingerprint density at radius 1 is 1.31 bits per heavy atom. The highest BCUT2D eigenvalue weighted by Gasteiger charge is 2.00. The Balaban J connectivity index is 2.43. The molecule has 0 atom stereocenters. The zero-order chi connectivity index (χ0) is 9.10. The molecule has 0 aliphatic carbocycles. The monoisotopic (exact) mass is 170 g/mol. The Labute approximate surface area is 74.9 Å². The quantitative estimate of drug-likeness (QED) is 0.702. The Hall–Kier alpha value is -2.15. The van der Waals surface area contributed by atoms with Gasteiger partial charge in [-0.25, -0.2) is 4.98 Å². The average molecular weight is 170 g/mol. The highest BCUT2D eigenvalue weighted by Crippen LogP contribution is 2.12. The molecule has 0 unspecified atom stereocenters. The molecule has 2 aromatic rings. The molecular weight excluding hydrogens is 164 g/mol. The van der Waals surface area contributed by atoms with Gasteiger partial charge in [-0.1, -0.05) is 0 Å². The van der Waals surface area contributed by atoms with Crippen molar-refractivity contribution in [3.8, 4) is 17.5 Å². The van der Waals surface area contributed by atoms with Crippen LogP contribution in [0.25, 0.3) is 11.4 Å². The number of H-pyrrole nitrogens is 1. The van der Waals surface area contributed by atoms with Gasteiger partial charge in [0.1, 0.15) is 17.6 Å². The van der Waals surface area contributed by atoms with Gasteiger partial charge in [-0.15, -0.1) is 0 Å². The SMILES string of the molecule is N#Cc1cnc(-c2ccncc2)[nH]1. The molecule has 2 heterocycles. The topological polar surface area (TPSA) is 65.4 Å². The first-order chi connectivity index (χ1) is 6.40. The number of nitriles is 1. The fourth-order valence-electron chi connectivity index (χ4n) is 1.03. The van der Waals surface area contributed by atoms with Crippen LogP contribution in [-0.4, -0.2) is 15.0 Å². The van der Waals surface area contributed by atoms with E-state index < -0.39 is 0 Å². The van der Waals surface area contributed by atoms with E-state index in [0.29, 0.717) is 11.5 Å². The first kappa shape index (κ1) is 7.50. The van der Waals surface area contributed by atoms with E-state index in [9.17, 15) is 0 Å². The fraction of sp³-hybridized carbons (Fsp3) is 0. The summed E-state index contributed by atoms with van der Waals surface area (Å²) in [5.41, 5.74) is 1.39. The second-order valence-corrected chi connectivity index (χ2v) is 2.49. The van der Waals surface area contributed by atoms with E-state index in [-0.39, 0.29) is 0 Å². The van der Waals surface area contributed by atoms with Crippen molar-refractivity contribution >= 4 is 0 Å². The number of pyridine rings is 1. The highest BCUT2D eigenvalue weighted by molar-refractivity contribution is 5.54. The largest absolute Gasteiger partial charge is 0.330 e. The predicted octanol–water partition coefficient (Wildman–Crippen LogP) is 1.34. The van der Waals surface area contributed by atoms with Gasteiger partial charge in [-0.05, 0) is 12.1 Å². The van der Waals surface area contributed by atoms with E-state index in [1.165, 1.54) is 6.20 Å². The number of rotatable bonds is 1. The Morgan fingerprint density at radius 3 is 2.69 bits per heavy atom. The molecule has 13 heavy (non-hydrogen) atoms. The molecule has 4 nitrogen and oxygen atoms in total. The van der Waals surface area contributed by atoms with E-state index in [1.54, 1.807) is 12.4 Å². The van der Waals surface area contributed by atoms with Crippen LogP contribution in [0.4, 0.5) is 0 Å². The number of hydrogen-bond donors (Lipinski definition) is 1. The maximum Gasteiger partial charge on any atom is 0.138 e. The van der Waals surface area contributed by atoms with Gasteiger partial charge in [-0.3, -0.25) is 4.98 Å². The van der Waals surface area contributed by atoms with Gasteiger partial charge in [0.05, 0.1) is 6.20 Å². The van der Waals surface area contributed by atoms with Crippen LogP contribution in [0, 0.1) is 11.3 Å². The third kappa shape index (κ3) is 1.40. The number of imidazole rings is 1. The van der Waals surface area contributed by atoms with Crippen molar-refractivity contribution in [3.63, 3.8) is 0 Å². The van der Waals surface area contributed by atoms with Crippen molar-refractivity contribution in [1.29, 1.82) is 5.26 Å². The molecule has 0 bridgehead atoms. The van der Waals surface area contributed by atoms with Crippen LogP contribution in [0.2, 0.25) is 0 Å². The molecule has 0 saturated heterocycles. The van der Waals surface area contributed by atoms with Crippen LogP contribution in [0.1, 0.15) is 5.69 Å². The van der Waals surface area contributed by atoms with Crippen molar-refractivity contribution in [3.05, 3.63) is 36.4 Å². The van der Waals surface area contributed by atoms with Gasteiger partial charge in [0.15, 0.2) is 0 Å². The van der Waals surface area contributed by atoms with Crippen LogP contribution in [0.3, 0.4) is 0 Å². The van der Waals surface area contributed by atoms with E-state index in [4.69, 9.17) is 5.26 Å². The molecule has 0 radical (unpaired) electrons. The molecule has 0 saturated carbocycles. The fourth-order valence-corrected chi connectivity index (χ4v) is 1.03. The summed E-state index contributed by atoms with van der Waals surface area (Å²) < 4.78 is 0. The highest BCUT2D eigenvalue weighted by atomic mass is 14.9. The summed E-state index contributed by atoms with van der Waals surface area (Å²) in [5, 5.41) is 8.56. The van der Waals surface area contributed by atoms with Gasteiger partial charge >= 0.3 is 0 Å². The molecule has 4 heteroatoms. The molecule has 2 aromatic heterocycles. The minimum Gasteiger partial charge on any atom is -0.330 e. The van der Waals surface area contributed by atoms with Crippen molar-refractivity contribution in [2.45, 2.75) is 0 Å². The minimum atomic E-state index is 0.465. The molecule has 62 valence electrons. The molecule has 0 aromatic carbocycles. The maximum absolute atomic E-state index is 8.56. The lowest BCUT2D eigenvalue weighted by atomic mass is 10.2. The van der Waals surface area contributed by atoms with Crippen molar-refractivity contribution in [2.24, 2.45) is 0 Å². The Kier molecular flexibility index (Phi) is 1.77. The van der Waals surface area contributed by atoms with Gasteiger partial charge in [-0.2, -0.15) is 5.26 Å². The van der Waals surface area contributed by atoms with Crippen LogP contribution >= 0.6 is 0 Å². The van der Waals surface area contributed by atoms with Crippen LogP contribution in [0.15, 0.2) is 30.7 Å². The molecule has 2 rings (SSSR count). The van der Waals surface area contributed by atoms with Gasteiger partial charge < -0.3 is 4.98 Å². The second kappa shape index (κ2) is 3.07. The molecule has 0 spiro atoms. The molecule has 0 amide bonds. The molecular formula is C9H6N4. The summed E-state index contributed by atoms with van der Waals surface area (Å²) in [4.78, 5) is 10.8. The lowest BCUT2D eigenvalue weighted by Gasteiger charge is -1.92.